The fourth-order valence-electron chi connectivity index (χ4n) is 3.08. The molecule has 10 heteroatoms. The SMILES string of the molecule is CC(=O)Nc1cccc(NC(=O)CSc2ccc(-c3sc(-c4ccc(F)cc4)nc3C)nn2)c1. The van der Waals surface area contributed by atoms with Gasteiger partial charge in [-0.2, -0.15) is 0 Å². The molecule has 0 aliphatic carbocycles. The zero-order chi connectivity index (χ0) is 24.1. The lowest BCUT2D eigenvalue weighted by Crippen LogP contribution is -2.14. The number of halogens is 1. The molecule has 0 bridgehead atoms. The van der Waals surface area contributed by atoms with E-state index in [0.717, 1.165) is 21.1 Å². The average Bonchev–Trinajstić information content (AvgIpc) is 3.20. The number of aryl methyl sites for hydroxylation is 1. The summed E-state index contributed by atoms with van der Waals surface area (Å²) in [5.74, 6) is -0.505. The van der Waals surface area contributed by atoms with Crippen molar-refractivity contribution in [2.24, 2.45) is 0 Å². The number of rotatable bonds is 7. The molecule has 172 valence electrons. The van der Waals surface area contributed by atoms with Crippen molar-refractivity contribution >= 4 is 46.3 Å². The number of amides is 2. The van der Waals surface area contributed by atoms with Crippen molar-refractivity contribution in [2.75, 3.05) is 16.4 Å². The summed E-state index contributed by atoms with van der Waals surface area (Å²) in [4.78, 5) is 29.0. The molecule has 0 saturated heterocycles. The zero-order valence-corrected chi connectivity index (χ0v) is 20.0. The Kier molecular flexibility index (Phi) is 7.29. The van der Waals surface area contributed by atoms with E-state index in [0.29, 0.717) is 22.1 Å². The summed E-state index contributed by atoms with van der Waals surface area (Å²) in [5.41, 5.74) is 3.55. The van der Waals surface area contributed by atoms with Crippen LogP contribution in [0, 0.1) is 12.7 Å². The van der Waals surface area contributed by atoms with E-state index in [1.54, 1.807) is 36.4 Å². The van der Waals surface area contributed by atoms with Gasteiger partial charge in [0.05, 0.1) is 16.3 Å². The average molecular weight is 494 g/mol. The summed E-state index contributed by atoms with van der Waals surface area (Å²) in [6.07, 6.45) is 0. The Morgan fingerprint density at radius 2 is 1.74 bits per heavy atom. The number of thioether (sulfide) groups is 1. The van der Waals surface area contributed by atoms with Crippen molar-refractivity contribution in [1.29, 1.82) is 0 Å². The highest BCUT2D eigenvalue weighted by atomic mass is 32.2. The Morgan fingerprint density at radius 1 is 1.00 bits per heavy atom. The molecule has 0 radical (unpaired) electrons. The first-order valence-electron chi connectivity index (χ1n) is 10.2. The second kappa shape index (κ2) is 10.5. The third-order valence-electron chi connectivity index (χ3n) is 4.58. The number of nitrogens with zero attached hydrogens (tertiary/aromatic N) is 3. The van der Waals surface area contributed by atoms with E-state index in [4.69, 9.17) is 0 Å². The highest BCUT2D eigenvalue weighted by Crippen LogP contribution is 2.34. The number of carbonyl (C=O) groups is 2. The van der Waals surface area contributed by atoms with Gasteiger partial charge in [0.15, 0.2) is 0 Å². The number of thiazole rings is 1. The molecular weight excluding hydrogens is 473 g/mol. The normalized spacial score (nSPS) is 10.7. The van der Waals surface area contributed by atoms with Crippen LogP contribution in [0.25, 0.3) is 21.1 Å². The van der Waals surface area contributed by atoms with Gasteiger partial charge in [-0.15, -0.1) is 21.5 Å². The number of nitrogens with one attached hydrogen (secondary N) is 2. The van der Waals surface area contributed by atoms with Crippen LogP contribution in [-0.4, -0.2) is 32.7 Å². The number of carbonyl (C=O) groups excluding carboxylic acids is 2. The van der Waals surface area contributed by atoms with Crippen LogP contribution in [0.1, 0.15) is 12.6 Å². The van der Waals surface area contributed by atoms with Gasteiger partial charge in [-0.3, -0.25) is 9.59 Å². The van der Waals surface area contributed by atoms with E-state index < -0.39 is 0 Å². The van der Waals surface area contributed by atoms with Gasteiger partial charge in [-0.1, -0.05) is 17.8 Å². The van der Waals surface area contributed by atoms with Crippen LogP contribution in [0.5, 0.6) is 0 Å². The van der Waals surface area contributed by atoms with Gasteiger partial charge in [0.25, 0.3) is 0 Å². The minimum Gasteiger partial charge on any atom is -0.326 e. The molecule has 0 fully saturated rings. The summed E-state index contributed by atoms with van der Waals surface area (Å²) in [6, 6.07) is 16.8. The van der Waals surface area contributed by atoms with Gasteiger partial charge in [-0.05, 0) is 61.5 Å². The second-order valence-corrected chi connectivity index (χ2v) is 9.29. The number of anilines is 2. The lowest BCUT2D eigenvalue weighted by Gasteiger charge is -2.07. The van der Waals surface area contributed by atoms with Gasteiger partial charge in [0, 0.05) is 23.9 Å². The molecule has 2 aromatic heterocycles. The topological polar surface area (TPSA) is 96.9 Å². The van der Waals surface area contributed by atoms with E-state index in [9.17, 15) is 14.0 Å². The van der Waals surface area contributed by atoms with Gasteiger partial charge >= 0.3 is 0 Å². The van der Waals surface area contributed by atoms with Crippen molar-refractivity contribution in [3.8, 4) is 21.1 Å². The van der Waals surface area contributed by atoms with Crippen LogP contribution >= 0.6 is 23.1 Å². The van der Waals surface area contributed by atoms with Gasteiger partial charge in [-0.25, -0.2) is 9.37 Å². The lowest BCUT2D eigenvalue weighted by molar-refractivity contribution is -0.114. The first kappa shape index (κ1) is 23.5. The number of hydrogen-bond donors (Lipinski definition) is 2. The van der Waals surface area contributed by atoms with Crippen LogP contribution in [0.3, 0.4) is 0 Å². The minimum atomic E-state index is -0.289. The molecule has 0 unspecified atom stereocenters. The predicted octanol–water partition coefficient (Wildman–Crippen LogP) is 5.40. The summed E-state index contributed by atoms with van der Waals surface area (Å²) in [6.45, 7) is 3.32. The molecule has 4 aromatic rings. The smallest absolute Gasteiger partial charge is 0.234 e. The molecule has 2 aromatic carbocycles. The minimum absolute atomic E-state index is 0.159. The highest BCUT2D eigenvalue weighted by molar-refractivity contribution is 7.99. The Bertz CT molecular complexity index is 1320. The van der Waals surface area contributed by atoms with Crippen molar-refractivity contribution in [3.63, 3.8) is 0 Å². The lowest BCUT2D eigenvalue weighted by atomic mass is 10.2. The Morgan fingerprint density at radius 3 is 2.41 bits per heavy atom. The molecular formula is C24H20FN5O2S2. The van der Waals surface area contributed by atoms with Gasteiger partial charge in [0.2, 0.25) is 11.8 Å². The van der Waals surface area contributed by atoms with E-state index >= 15 is 0 Å². The summed E-state index contributed by atoms with van der Waals surface area (Å²) >= 11 is 2.74. The van der Waals surface area contributed by atoms with Crippen molar-refractivity contribution < 1.29 is 14.0 Å². The third-order valence-corrected chi connectivity index (χ3v) is 6.73. The Hall–Kier alpha value is -3.63. The third kappa shape index (κ3) is 6.03. The summed E-state index contributed by atoms with van der Waals surface area (Å²) in [7, 11) is 0. The molecule has 7 nitrogen and oxygen atoms in total. The maximum atomic E-state index is 13.2. The number of benzene rings is 2. The van der Waals surface area contributed by atoms with E-state index in [1.165, 1.54) is 42.2 Å². The molecule has 0 aliphatic heterocycles. The maximum Gasteiger partial charge on any atom is 0.234 e. The number of hydrogen-bond acceptors (Lipinski definition) is 7. The quantitative estimate of drug-likeness (QED) is 0.335. The van der Waals surface area contributed by atoms with Crippen LogP contribution in [0.4, 0.5) is 15.8 Å². The van der Waals surface area contributed by atoms with Gasteiger partial charge in [0.1, 0.15) is 21.5 Å². The maximum absolute atomic E-state index is 13.2. The first-order chi connectivity index (χ1) is 16.4. The Labute approximate surface area is 203 Å². The molecule has 2 heterocycles. The fourth-order valence-corrected chi connectivity index (χ4v) is 4.73. The van der Waals surface area contributed by atoms with E-state index in [-0.39, 0.29) is 23.4 Å². The second-order valence-electron chi connectivity index (χ2n) is 7.30. The van der Waals surface area contributed by atoms with Crippen LogP contribution in [0.15, 0.2) is 65.7 Å². The zero-order valence-electron chi connectivity index (χ0n) is 18.3. The largest absolute Gasteiger partial charge is 0.326 e. The molecule has 2 N–H and O–H groups in total. The van der Waals surface area contributed by atoms with E-state index in [2.05, 4.69) is 25.8 Å². The Balaban J connectivity index is 1.37. The van der Waals surface area contributed by atoms with Crippen LogP contribution in [0.2, 0.25) is 0 Å². The highest BCUT2D eigenvalue weighted by Gasteiger charge is 2.14. The molecule has 34 heavy (non-hydrogen) atoms. The van der Waals surface area contributed by atoms with Crippen molar-refractivity contribution in [3.05, 3.63) is 72.2 Å². The first-order valence-corrected chi connectivity index (χ1v) is 12.1. The molecule has 2 amide bonds. The molecule has 0 spiro atoms. The summed E-state index contributed by atoms with van der Waals surface area (Å²) in [5, 5.41) is 15.4. The fraction of sp³-hybridized carbons (Fsp3) is 0.125. The van der Waals surface area contributed by atoms with Crippen molar-refractivity contribution in [1.82, 2.24) is 15.2 Å². The predicted molar refractivity (Wildman–Crippen MR) is 133 cm³/mol. The molecule has 0 aliphatic rings. The summed E-state index contributed by atoms with van der Waals surface area (Å²) < 4.78 is 13.2. The number of aromatic nitrogens is 3. The van der Waals surface area contributed by atoms with Crippen LogP contribution in [-0.2, 0) is 9.59 Å². The molecule has 0 saturated carbocycles. The standard InChI is InChI=1S/C24H20FN5O2S2/c1-14-23(34-24(26-14)16-6-8-17(25)9-7-16)20-10-11-22(30-29-20)33-13-21(32)28-19-5-3-4-18(12-19)27-15(2)31/h3-12H,13H2,1-2H3,(H,27,31)(H,28,32). The van der Waals surface area contributed by atoms with Crippen molar-refractivity contribution in [2.45, 2.75) is 18.9 Å². The van der Waals surface area contributed by atoms with Crippen LogP contribution < -0.4 is 10.6 Å². The van der Waals surface area contributed by atoms with Gasteiger partial charge < -0.3 is 10.6 Å². The monoisotopic (exact) mass is 493 g/mol. The molecule has 4 rings (SSSR count). The van der Waals surface area contributed by atoms with E-state index in [1.807, 2.05) is 19.1 Å². The molecule has 0 atom stereocenters.